The van der Waals surface area contributed by atoms with E-state index in [0.29, 0.717) is 28.7 Å². The second-order valence-corrected chi connectivity index (χ2v) is 6.20. The Bertz CT molecular complexity index is 987. The Balaban J connectivity index is 1.99. The minimum atomic E-state index is -0.444. The summed E-state index contributed by atoms with van der Waals surface area (Å²) >= 11 is 0. The first-order valence-electron chi connectivity index (χ1n) is 8.49. The summed E-state index contributed by atoms with van der Waals surface area (Å²) in [7, 11) is 3.18. The third kappa shape index (κ3) is 3.76. The molecule has 0 aliphatic rings. The number of hydrogen-bond acceptors (Lipinski definition) is 6. The normalized spacial score (nSPS) is 11.9. The fraction of sp³-hybridized carbons (Fsp3) is 0.250. The van der Waals surface area contributed by atoms with Gasteiger partial charge in [0.25, 0.3) is 0 Å². The Hall–Kier alpha value is -3.35. The lowest BCUT2D eigenvalue weighted by molar-refractivity contribution is 0.100. The number of aryl methyl sites for hydroxylation is 1. The highest BCUT2D eigenvalue weighted by atomic mass is 16.5. The molecule has 1 aromatic heterocycles. The van der Waals surface area contributed by atoms with Crippen LogP contribution in [0.25, 0.3) is 10.9 Å². The van der Waals surface area contributed by atoms with Crippen molar-refractivity contribution in [1.29, 1.82) is 0 Å². The summed E-state index contributed by atoms with van der Waals surface area (Å²) in [5.41, 5.74) is 7.55. The number of anilines is 1. The lowest BCUT2D eigenvalue weighted by Gasteiger charge is -2.18. The van der Waals surface area contributed by atoms with E-state index in [9.17, 15) is 4.79 Å². The van der Waals surface area contributed by atoms with Crippen molar-refractivity contribution < 1.29 is 14.3 Å². The van der Waals surface area contributed by atoms with E-state index >= 15 is 0 Å². The van der Waals surface area contributed by atoms with Crippen LogP contribution in [-0.2, 0) is 0 Å². The highest BCUT2D eigenvalue weighted by molar-refractivity contribution is 5.93. The van der Waals surface area contributed by atoms with Crippen LogP contribution in [0, 0.1) is 6.92 Å². The van der Waals surface area contributed by atoms with Gasteiger partial charge in [0.05, 0.1) is 19.7 Å². The van der Waals surface area contributed by atoms with Gasteiger partial charge in [0.1, 0.15) is 11.6 Å². The van der Waals surface area contributed by atoms with E-state index in [1.165, 1.54) is 0 Å². The average Bonchev–Trinajstić information content (AvgIpc) is 2.66. The van der Waals surface area contributed by atoms with Crippen LogP contribution in [0.1, 0.15) is 34.7 Å². The number of nitrogens with one attached hydrogen (secondary N) is 1. The zero-order valence-corrected chi connectivity index (χ0v) is 15.7. The van der Waals surface area contributed by atoms with Crippen molar-refractivity contribution in [3.63, 3.8) is 0 Å². The molecule has 3 rings (SSSR count). The molecule has 27 heavy (non-hydrogen) atoms. The zero-order valence-electron chi connectivity index (χ0n) is 15.7. The van der Waals surface area contributed by atoms with E-state index in [-0.39, 0.29) is 6.04 Å². The Labute approximate surface area is 157 Å². The van der Waals surface area contributed by atoms with E-state index < -0.39 is 5.91 Å². The zero-order chi connectivity index (χ0) is 19.6. The summed E-state index contributed by atoms with van der Waals surface area (Å²) in [6, 6.07) is 10.8. The molecule has 0 fully saturated rings. The van der Waals surface area contributed by atoms with Crippen LogP contribution in [0.4, 0.5) is 5.82 Å². The van der Waals surface area contributed by atoms with Gasteiger partial charge in [-0.25, -0.2) is 9.97 Å². The summed E-state index contributed by atoms with van der Waals surface area (Å²) in [5.74, 6) is 2.13. The van der Waals surface area contributed by atoms with Crippen molar-refractivity contribution in [3.05, 3.63) is 53.3 Å². The van der Waals surface area contributed by atoms with Crippen molar-refractivity contribution in [2.45, 2.75) is 19.9 Å². The van der Waals surface area contributed by atoms with E-state index in [0.717, 1.165) is 16.5 Å². The fourth-order valence-electron chi connectivity index (χ4n) is 2.91. The van der Waals surface area contributed by atoms with Gasteiger partial charge in [0, 0.05) is 23.1 Å². The summed E-state index contributed by atoms with van der Waals surface area (Å²) in [4.78, 5) is 20.3. The minimum Gasteiger partial charge on any atom is -0.493 e. The number of hydrogen-bond donors (Lipinski definition) is 2. The number of nitrogens with two attached hydrogens (primary N) is 1. The van der Waals surface area contributed by atoms with Crippen molar-refractivity contribution in [2.75, 3.05) is 19.5 Å². The van der Waals surface area contributed by atoms with Crippen molar-refractivity contribution in [3.8, 4) is 11.5 Å². The van der Waals surface area contributed by atoms with Gasteiger partial charge in [-0.05, 0) is 37.6 Å². The number of aromatic nitrogens is 2. The van der Waals surface area contributed by atoms with Gasteiger partial charge in [-0.1, -0.05) is 12.1 Å². The number of ether oxygens (including phenoxy) is 2. The van der Waals surface area contributed by atoms with Gasteiger partial charge < -0.3 is 20.5 Å². The molecule has 0 aliphatic carbocycles. The number of benzene rings is 2. The van der Waals surface area contributed by atoms with Crippen molar-refractivity contribution in [1.82, 2.24) is 9.97 Å². The SMILES string of the molecule is COc1cc2nc(C)nc(N[C@H](C)c3ccc(C(N)=O)cc3)c2cc1OC. The van der Waals surface area contributed by atoms with Crippen LogP contribution in [0.5, 0.6) is 11.5 Å². The molecule has 0 bridgehead atoms. The Morgan fingerprint density at radius 2 is 1.70 bits per heavy atom. The number of fused-ring (bicyclic) bond motifs is 1. The maximum atomic E-state index is 11.2. The number of primary amides is 1. The number of nitrogens with zero attached hydrogens (tertiary/aromatic N) is 2. The standard InChI is InChI=1S/C20H22N4O3/c1-11(13-5-7-14(8-6-13)19(21)25)22-20-15-9-17(26-3)18(27-4)10-16(15)23-12(2)24-20/h5-11H,1-4H3,(H2,21,25)(H,22,23,24)/t11-/m1/s1. The van der Waals surface area contributed by atoms with Gasteiger partial charge in [0.15, 0.2) is 11.5 Å². The van der Waals surface area contributed by atoms with Gasteiger partial charge >= 0.3 is 0 Å². The van der Waals surface area contributed by atoms with Gasteiger partial charge in [0.2, 0.25) is 5.91 Å². The number of rotatable bonds is 6. The van der Waals surface area contributed by atoms with E-state index in [4.69, 9.17) is 15.2 Å². The van der Waals surface area contributed by atoms with Crippen LogP contribution in [-0.4, -0.2) is 30.1 Å². The molecule has 3 N–H and O–H groups in total. The number of methoxy groups -OCH3 is 2. The fourth-order valence-corrected chi connectivity index (χ4v) is 2.91. The molecule has 1 amide bonds. The lowest BCUT2D eigenvalue weighted by atomic mass is 10.1. The second kappa shape index (κ2) is 7.49. The summed E-state index contributed by atoms with van der Waals surface area (Å²) < 4.78 is 10.8. The molecule has 7 nitrogen and oxygen atoms in total. The maximum absolute atomic E-state index is 11.2. The first-order valence-corrected chi connectivity index (χ1v) is 8.49. The predicted molar refractivity (Wildman–Crippen MR) is 104 cm³/mol. The molecule has 0 saturated heterocycles. The molecule has 1 atom stereocenters. The highest BCUT2D eigenvalue weighted by Gasteiger charge is 2.14. The summed E-state index contributed by atoms with van der Waals surface area (Å²) in [6.07, 6.45) is 0. The molecular weight excluding hydrogens is 344 g/mol. The monoisotopic (exact) mass is 366 g/mol. The van der Waals surface area contributed by atoms with Crippen LogP contribution >= 0.6 is 0 Å². The van der Waals surface area contributed by atoms with Crippen LogP contribution in [0.15, 0.2) is 36.4 Å². The molecule has 0 saturated carbocycles. The second-order valence-electron chi connectivity index (χ2n) is 6.20. The molecule has 7 heteroatoms. The van der Waals surface area contributed by atoms with Gasteiger partial charge in [-0.2, -0.15) is 0 Å². The van der Waals surface area contributed by atoms with Gasteiger partial charge in [-0.3, -0.25) is 4.79 Å². The Morgan fingerprint density at radius 1 is 1.07 bits per heavy atom. The highest BCUT2D eigenvalue weighted by Crippen LogP contribution is 2.35. The minimum absolute atomic E-state index is 0.0440. The summed E-state index contributed by atoms with van der Waals surface area (Å²) in [5, 5.41) is 4.25. The predicted octanol–water partition coefficient (Wildman–Crippen LogP) is 3.23. The van der Waals surface area contributed by atoms with Crippen molar-refractivity contribution >= 4 is 22.6 Å². The molecule has 0 aliphatic heterocycles. The third-order valence-electron chi connectivity index (χ3n) is 4.36. The molecule has 0 radical (unpaired) electrons. The number of amides is 1. The Morgan fingerprint density at radius 3 is 2.30 bits per heavy atom. The van der Waals surface area contributed by atoms with Crippen LogP contribution < -0.4 is 20.5 Å². The average molecular weight is 366 g/mol. The van der Waals surface area contributed by atoms with Gasteiger partial charge in [-0.15, -0.1) is 0 Å². The third-order valence-corrected chi connectivity index (χ3v) is 4.36. The number of carbonyl (C=O) groups is 1. The van der Waals surface area contributed by atoms with E-state index in [1.807, 2.05) is 38.1 Å². The lowest BCUT2D eigenvalue weighted by Crippen LogP contribution is -2.12. The van der Waals surface area contributed by atoms with E-state index in [1.54, 1.807) is 26.4 Å². The summed E-state index contributed by atoms with van der Waals surface area (Å²) in [6.45, 7) is 3.86. The van der Waals surface area contributed by atoms with Crippen molar-refractivity contribution in [2.24, 2.45) is 5.73 Å². The first kappa shape index (κ1) is 18.4. The smallest absolute Gasteiger partial charge is 0.248 e. The Kier molecular flexibility index (Phi) is 5.12. The molecule has 0 unspecified atom stereocenters. The van der Waals surface area contributed by atoms with Crippen LogP contribution in [0.3, 0.4) is 0 Å². The molecular formula is C20H22N4O3. The molecule has 3 aromatic rings. The molecule has 140 valence electrons. The largest absolute Gasteiger partial charge is 0.493 e. The topological polar surface area (TPSA) is 99.4 Å². The van der Waals surface area contributed by atoms with Crippen LogP contribution in [0.2, 0.25) is 0 Å². The molecule has 1 heterocycles. The quantitative estimate of drug-likeness (QED) is 0.695. The molecule has 2 aromatic carbocycles. The van der Waals surface area contributed by atoms with E-state index in [2.05, 4.69) is 15.3 Å². The first-order chi connectivity index (χ1) is 12.9. The number of carbonyl (C=O) groups excluding carboxylic acids is 1. The maximum Gasteiger partial charge on any atom is 0.248 e. The molecule has 0 spiro atoms.